The number of amides is 2. The highest BCUT2D eigenvalue weighted by molar-refractivity contribution is 6.30. The van der Waals surface area contributed by atoms with Crippen LogP contribution in [0.2, 0.25) is 5.02 Å². The van der Waals surface area contributed by atoms with Crippen molar-refractivity contribution in [2.24, 2.45) is 0 Å². The van der Waals surface area contributed by atoms with E-state index in [0.717, 1.165) is 0 Å². The van der Waals surface area contributed by atoms with Crippen molar-refractivity contribution in [3.8, 4) is 5.75 Å². The van der Waals surface area contributed by atoms with Crippen LogP contribution in [0.25, 0.3) is 0 Å². The fourth-order valence-corrected chi connectivity index (χ4v) is 1.72. The average Bonchev–Trinajstić information content (AvgIpc) is 2.37. The Morgan fingerprint density at radius 1 is 1.24 bits per heavy atom. The zero-order valence-electron chi connectivity index (χ0n) is 12.7. The van der Waals surface area contributed by atoms with Crippen molar-refractivity contribution < 1.29 is 14.3 Å². The topological polar surface area (TPSA) is 67.4 Å². The smallest absolute Gasteiger partial charge is 0.264 e. The summed E-state index contributed by atoms with van der Waals surface area (Å²) < 4.78 is 5.63. The van der Waals surface area contributed by atoms with E-state index in [0.29, 0.717) is 10.8 Å². The Kier molecular flexibility index (Phi) is 6.03. The molecule has 0 aliphatic carbocycles. The molecule has 0 heterocycles. The maximum atomic E-state index is 12.1. The summed E-state index contributed by atoms with van der Waals surface area (Å²) in [6.45, 7) is 6.90. The minimum absolute atomic E-state index is 0.0349. The second-order valence-electron chi connectivity index (χ2n) is 5.47. The van der Waals surface area contributed by atoms with Gasteiger partial charge in [-0.25, -0.2) is 0 Å². The van der Waals surface area contributed by atoms with Crippen LogP contribution in [0.15, 0.2) is 24.3 Å². The van der Waals surface area contributed by atoms with Crippen LogP contribution in [0, 0.1) is 0 Å². The van der Waals surface area contributed by atoms with E-state index < -0.39 is 5.60 Å². The van der Waals surface area contributed by atoms with Gasteiger partial charge in [-0.15, -0.1) is 0 Å². The molecule has 2 amide bonds. The monoisotopic (exact) mass is 312 g/mol. The number of benzene rings is 1. The molecule has 0 radical (unpaired) electrons. The van der Waals surface area contributed by atoms with Crippen molar-refractivity contribution in [2.75, 3.05) is 6.54 Å². The number of ether oxygens (including phenoxy) is 1. The standard InChI is InChI=1S/C15H21ClN2O3/c1-10(2)18-13(19)9-17-14(20)15(3,4)21-12-7-5-11(16)6-8-12/h5-8,10H,9H2,1-4H3,(H,17,20)(H,18,19). The fourth-order valence-electron chi connectivity index (χ4n) is 1.59. The highest BCUT2D eigenvalue weighted by atomic mass is 35.5. The van der Waals surface area contributed by atoms with E-state index in [4.69, 9.17) is 16.3 Å². The molecule has 0 bridgehead atoms. The molecule has 0 fully saturated rings. The predicted octanol–water partition coefficient (Wildman–Crippen LogP) is 2.14. The first-order valence-corrected chi connectivity index (χ1v) is 7.11. The lowest BCUT2D eigenvalue weighted by Crippen LogP contribution is -2.49. The van der Waals surface area contributed by atoms with Crippen molar-refractivity contribution in [2.45, 2.75) is 39.3 Å². The van der Waals surface area contributed by atoms with Crippen molar-refractivity contribution in [3.05, 3.63) is 29.3 Å². The molecule has 1 rings (SSSR count). The van der Waals surface area contributed by atoms with Gasteiger partial charge in [0, 0.05) is 11.1 Å². The van der Waals surface area contributed by atoms with Gasteiger partial charge < -0.3 is 15.4 Å². The maximum absolute atomic E-state index is 12.1. The first-order chi connectivity index (χ1) is 9.70. The molecular weight excluding hydrogens is 292 g/mol. The Hall–Kier alpha value is -1.75. The lowest BCUT2D eigenvalue weighted by molar-refractivity contribution is -0.136. The molecule has 116 valence electrons. The summed E-state index contributed by atoms with van der Waals surface area (Å²) in [5.74, 6) is -0.0665. The van der Waals surface area contributed by atoms with E-state index in [9.17, 15) is 9.59 Å². The van der Waals surface area contributed by atoms with Crippen LogP contribution in [0.3, 0.4) is 0 Å². The summed E-state index contributed by atoms with van der Waals surface area (Å²) >= 11 is 5.79. The van der Waals surface area contributed by atoms with Gasteiger partial charge in [0.05, 0.1) is 6.54 Å². The van der Waals surface area contributed by atoms with Gasteiger partial charge in [-0.05, 0) is 52.0 Å². The Morgan fingerprint density at radius 3 is 2.33 bits per heavy atom. The zero-order chi connectivity index (χ0) is 16.0. The molecule has 0 aliphatic heterocycles. The zero-order valence-corrected chi connectivity index (χ0v) is 13.5. The summed E-state index contributed by atoms with van der Waals surface area (Å²) in [7, 11) is 0. The van der Waals surface area contributed by atoms with E-state index in [-0.39, 0.29) is 24.4 Å². The number of carbonyl (C=O) groups is 2. The Labute approximate surface area is 130 Å². The minimum atomic E-state index is -1.09. The van der Waals surface area contributed by atoms with Crippen LogP contribution < -0.4 is 15.4 Å². The first kappa shape index (κ1) is 17.3. The van der Waals surface area contributed by atoms with Gasteiger partial charge in [-0.3, -0.25) is 9.59 Å². The second kappa shape index (κ2) is 7.31. The molecule has 0 aliphatic rings. The third-order valence-corrected chi connectivity index (χ3v) is 2.84. The van der Waals surface area contributed by atoms with E-state index in [2.05, 4.69) is 10.6 Å². The van der Waals surface area contributed by atoms with Crippen LogP contribution in [0.1, 0.15) is 27.7 Å². The van der Waals surface area contributed by atoms with Gasteiger partial charge in [-0.1, -0.05) is 11.6 Å². The van der Waals surface area contributed by atoms with Gasteiger partial charge in [0.2, 0.25) is 5.91 Å². The minimum Gasteiger partial charge on any atom is -0.478 e. The SMILES string of the molecule is CC(C)NC(=O)CNC(=O)C(C)(C)Oc1ccc(Cl)cc1. The first-order valence-electron chi connectivity index (χ1n) is 6.73. The van der Waals surface area contributed by atoms with E-state index in [1.165, 1.54) is 0 Å². The largest absolute Gasteiger partial charge is 0.478 e. The van der Waals surface area contributed by atoms with Crippen molar-refractivity contribution >= 4 is 23.4 Å². The summed E-state index contributed by atoms with van der Waals surface area (Å²) in [5.41, 5.74) is -1.09. The molecule has 5 nitrogen and oxygen atoms in total. The van der Waals surface area contributed by atoms with Crippen LogP contribution in [0.5, 0.6) is 5.75 Å². The predicted molar refractivity (Wildman–Crippen MR) is 82.4 cm³/mol. The summed E-state index contributed by atoms with van der Waals surface area (Å²) in [5, 5.41) is 5.85. The van der Waals surface area contributed by atoms with E-state index >= 15 is 0 Å². The molecule has 0 unspecified atom stereocenters. The molecule has 0 aromatic heterocycles. The molecule has 0 saturated carbocycles. The highest BCUT2D eigenvalue weighted by Crippen LogP contribution is 2.20. The molecule has 21 heavy (non-hydrogen) atoms. The Balaban J connectivity index is 2.54. The summed E-state index contributed by atoms with van der Waals surface area (Å²) in [4.78, 5) is 23.6. The number of nitrogens with one attached hydrogen (secondary N) is 2. The normalized spacial score (nSPS) is 11.1. The molecular formula is C15H21ClN2O3. The lowest BCUT2D eigenvalue weighted by atomic mass is 10.1. The van der Waals surface area contributed by atoms with Crippen LogP contribution in [-0.4, -0.2) is 30.0 Å². The molecule has 0 spiro atoms. The quantitative estimate of drug-likeness (QED) is 0.845. The number of carbonyl (C=O) groups excluding carboxylic acids is 2. The second-order valence-corrected chi connectivity index (χ2v) is 5.91. The number of rotatable bonds is 6. The van der Waals surface area contributed by atoms with E-state index in [1.54, 1.807) is 38.1 Å². The van der Waals surface area contributed by atoms with Crippen LogP contribution in [0.4, 0.5) is 0 Å². The van der Waals surface area contributed by atoms with Gasteiger partial charge in [0.25, 0.3) is 5.91 Å². The van der Waals surface area contributed by atoms with Gasteiger partial charge >= 0.3 is 0 Å². The third-order valence-electron chi connectivity index (χ3n) is 2.59. The van der Waals surface area contributed by atoms with Crippen molar-refractivity contribution in [3.63, 3.8) is 0 Å². The molecule has 0 atom stereocenters. The molecule has 6 heteroatoms. The van der Waals surface area contributed by atoms with Gasteiger partial charge in [0.1, 0.15) is 5.75 Å². The maximum Gasteiger partial charge on any atom is 0.264 e. The summed E-state index contributed by atoms with van der Waals surface area (Å²) in [6.07, 6.45) is 0. The number of halogens is 1. The highest BCUT2D eigenvalue weighted by Gasteiger charge is 2.30. The van der Waals surface area contributed by atoms with Gasteiger partial charge in [-0.2, -0.15) is 0 Å². The van der Waals surface area contributed by atoms with E-state index in [1.807, 2.05) is 13.8 Å². The molecule has 2 N–H and O–H groups in total. The molecule has 1 aromatic carbocycles. The number of hydrogen-bond donors (Lipinski definition) is 2. The molecule has 1 aromatic rings. The Bertz CT molecular complexity index is 498. The lowest BCUT2D eigenvalue weighted by Gasteiger charge is -2.25. The van der Waals surface area contributed by atoms with Gasteiger partial charge in [0.15, 0.2) is 5.60 Å². The fraction of sp³-hybridized carbons (Fsp3) is 0.467. The average molecular weight is 313 g/mol. The van der Waals surface area contributed by atoms with Crippen LogP contribution >= 0.6 is 11.6 Å². The summed E-state index contributed by atoms with van der Waals surface area (Å²) in [6, 6.07) is 6.76. The number of hydrogen-bond acceptors (Lipinski definition) is 3. The third kappa shape index (κ3) is 6.04. The van der Waals surface area contributed by atoms with Crippen molar-refractivity contribution in [1.82, 2.24) is 10.6 Å². The Morgan fingerprint density at radius 2 is 1.81 bits per heavy atom. The van der Waals surface area contributed by atoms with Crippen LogP contribution in [-0.2, 0) is 9.59 Å². The van der Waals surface area contributed by atoms with Crippen molar-refractivity contribution in [1.29, 1.82) is 0 Å². The molecule has 0 saturated heterocycles.